The van der Waals surface area contributed by atoms with Crippen molar-refractivity contribution in [3.63, 3.8) is 0 Å². The van der Waals surface area contributed by atoms with E-state index in [1.165, 1.54) is 0 Å². The number of aliphatic hydroxyl groups excluding tert-OH is 1. The van der Waals surface area contributed by atoms with E-state index in [4.69, 9.17) is 9.16 Å². The van der Waals surface area contributed by atoms with Crippen molar-refractivity contribution in [2.45, 2.75) is 70.7 Å². The van der Waals surface area contributed by atoms with Gasteiger partial charge in [0.2, 0.25) is 0 Å². The molecule has 4 aliphatic rings. The van der Waals surface area contributed by atoms with Gasteiger partial charge >= 0.3 is 0 Å². The minimum atomic E-state index is -1.98. The van der Waals surface area contributed by atoms with Gasteiger partial charge in [-0.2, -0.15) is 0 Å². The first-order valence-corrected chi connectivity index (χ1v) is 11.6. The van der Waals surface area contributed by atoms with E-state index in [9.17, 15) is 10.2 Å². The fourth-order valence-corrected chi connectivity index (χ4v) is 5.96. The predicted octanol–water partition coefficient (Wildman–Crippen LogP) is 2.91. The van der Waals surface area contributed by atoms with Crippen LogP contribution in [0.15, 0.2) is 12.2 Å². The molecular weight excluding hydrogens is 308 g/mol. The second kappa shape index (κ2) is 4.91. The molecular formula is C18H32O4Si. The van der Waals surface area contributed by atoms with E-state index in [0.29, 0.717) is 6.61 Å². The van der Waals surface area contributed by atoms with Crippen LogP contribution in [0.2, 0.25) is 18.1 Å². The summed E-state index contributed by atoms with van der Waals surface area (Å²) in [5.41, 5.74) is -0.507. The summed E-state index contributed by atoms with van der Waals surface area (Å²) in [5.74, 6) is -0.942. The number of ether oxygens (including phenoxy) is 1. The van der Waals surface area contributed by atoms with Crippen molar-refractivity contribution in [3.05, 3.63) is 12.2 Å². The van der Waals surface area contributed by atoms with Crippen LogP contribution in [0.4, 0.5) is 0 Å². The molecule has 0 unspecified atom stereocenters. The van der Waals surface area contributed by atoms with Crippen LogP contribution in [0.25, 0.3) is 0 Å². The lowest BCUT2D eigenvalue weighted by Crippen LogP contribution is -2.65. The minimum absolute atomic E-state index is 0.0840. The third-order valence-corrected chi connectivity index (χ3v) is 11.5. The number of hydrogen-bond acceptors (Lipinski definition) is 4. The van der Waals surface area contributed by atoms with Gasteiger partial charge in [-0.05, 0) is 25.1 Å². The highest BCUT2D eigenvalue weighted by atomic mass is 28.4. The van der Waals surface area contributed by atoms with Crippen LogP contribution in [-0.4, -0.2) is 43.1 Å². The summed E-state index contributed by atoms with van der Waals surface area (Å²) < 4.78 is 12.3. The number of aliphatic hydroxyl groups is 2. The second-order valence-corrected chi connectivity index (χ2v) is 14.4. The Hall–Kier alpha value is -0.203. The van der Waals surface area contributed by atoms with E-state index >= 15 is 0 Å². The fraction of sp³-hybridized carbons (Fsp3) is 0.889. The predicted molar refractivity (Wildman–Crippen MR) is 92.4 cm³/mol. The quantitative estimate of drug-likeness (QED) is 0.599. The van der Waals surface area contributed by atoms with Gasteiger partial charge in [0.25, 0.3) is 0 Å². The molecule has 3 aliphatic carbocycles. The fourth-order valence-electron chi connectivity index (χ4n) is 4.64. The number of fused-ring (bicyclic) bond motifs is 1. The number of rotatable bonds is 2. The lowest BCUT2D eigenvalue weighted by molar-refractivity contribution is -0.227. The van der Waals surface area contributed by atoms with Gasteiger partial charge in [-0.25, -0.2) is 0 Å². The molecule has 1 saturated carbocycles. The van der Waals surface area contributed by atoms with Gasteiger partial charge < -0.3 is 19.4 Å². The Bertz CT molecular complexity index is 522. The lowest BCUT2D eigenvalue weighted by atomic mass is 9.51. The Kier molecular flexibility index (Phi) is 3.76. The van der Waals surface area contributed by atoms with Crippen LogP contribution in [0.1, 0.15) is 34.6 Å². The van der Waals surface area contributed by atoms with Gasteiger partial charge in [0, 0.05) is 23.2 Å². The zero-order valence-electron chi connectivity index (χ0n) is 15.5. The van der Waals surface area contributed by atoms with Crippen LogP contribution >= 0.6 is 0 Å². The molecule has 0 spiro atoms. The molecule has 4 rings (SSSR count). The van der Waals surface area contributed by atoms with Crippen molar-refractivity contribution in [1.82, 2.24) is 0 Å². The Labute approximate surface area is 141 Å². The van der Waals surface area contributed by atoms with Gasteiger partial charge in [0.15, 0.2) is 14.1 Å². The largest absolute Gasteiger partial charge is 0.411 e. The number of hydrogen-bond donors (Lipinski definition) is 2. The summed E-state index contributed by atoms with van der Waals surface area (Å²) in [6.07, 6.45) is 3.46. The molecule has 2 bridgehead atoms. The molecule has 1 heterocycles. The van der Waals surface area contributed by atoms with E-state index in [1.54, 1.807) is 6.92 Å². The molecule has 132 valence electrons. The van der Waals surface area contributed by atoms with Crippen molar-refractivity contribution in [3.8, 4) is 0 Å². The van der Waals surface area contributed by atoms with Gasteiger partial charge in [0.1, 0.15) is 0 Å². The Balaban J connectivity index is 1.95. The minimum Gasteiger partial charge on any atom is -0.411 e. The summed E-state index contributed by atoms with van der Waals surface area (Å²) >= 11 is 0. The van der Waals surface area contributed by atoms with Gasteiger partial charge in [-0.1, -0.05) is 39.8 Å². The highest BCUT2D eigenvalue weighted by Gasteiger charge is 2.66. The van der Waals surface area contributed by atoms with Crippen molar-refractivity contribution in [2.75, 3.05) is 6.61 Å². The summed E-state index contributed by atoms with van der Waals surface area (Å²) in [4.78, 5) is 0. The zero-order valence-corrected chi connectivity index (χ0v) is 16.5. The SMILES string of the molecule is CC(C)(C)[Si](C)(C)O[C@H]1[C@@H]2C=C[C@](C)([C@H]1O)[C@@H]1[C@H]2CO[C@]1(C)O. The van der Waals surface area contributed by atoms with Crippen LogP contribution in [0, 0.1) is 23.2 Å². The Morgan fingerprint density at radius 1 is 1.26 bits per heavy atom. The zero-order chi connectivity index (χ0) is 17.4. The first-order valence-electron chi connectivity index (χ1n) is 8.73. The maximum absolute atomic E-state index is 11.1. The Morgan fingerprint density at radius 2 is 1.87 bits per heavy atom. The van der Waals surface area contributed by atoms with E-state index in [2.05, 4.69) is 46.0 Å². The normalized spacial score (nSPS) is 49.5. The van der Waals surface area contributed by atoms with Crippen molar-refractivity contribution in [2.24, 2.45) is 23.2 Å². The molecule has 2 fully saturated rings. The van der Waals surface area contributed by atoms with Crippen LogP contribution in [0.5, 0.6) is 0 Å². The summed E-state index contributed by atoms with van der Waals surface area (Å²) in [6.45, 7) is 15.4. The maximum atomic E-state index is 11.1. The van der Waals surface area contributed by atoms with Gasteiger partial charge in [-0.15, -0.1) is 0 Å². The third kappa shape index (κ3) is 2.39. The first-order chi connectivity index (χ1) is 10.3. The molecule has 0 aromatic rings. The highest BCUT2D eigenvalue weighted by molar-refractivity contribution is 6.74. The molecule has 0 radical (unpaired) electrons. The average molecular weight is 341 g/mol. The monoisotopic (exact) mass is 340 g/mol. The van der Waals surface area contributed by atoms with Crippen LogP contribution in [-0.2, 0) is 9.16 Å². The Morgan fingerprint density at radius 3 is 2.43 bits per heavy atom. The third-order valence-electron chi connectivity index (χ3n) is 6.98. The van der Waals surface area contributed by atoms with Crippen LogP contribution < -0.4 is 0 Å². The molecule has 1 aliphatic heterocycles. The molecule has 4 nitrogen and oxygen atoms in total. The van der Waals surface area contributed by atoms with E-state index in [1.807, 2.05) is 6.92 Å². The molecule has 1 saturated heterocycles. The maximum Gasteiger partial charge on any atom is 0.192 e. The van der Waals surface area contributed by atoms with Gasteiger partial charge in [-0.3, -0.25) is 0 Å². The molecule has 23 heavy (non-hydrogen) atoms. The molecule has 0 aromatic heterocycles. The van der Waals surface area contributed by atoms with E-state index in [-0.39, 0.29) is 28.9 Å². The van der Waals surface area contributed by atoms with E-state index in [0.717, 1.165) is 0 Å². The highest BCUT2D eigenvalue weighted by Crippen LogP contribution is 2.60. The molecule has 2 N–H and O–H groups in total. The van der Waals surface area contributed by atoms with Crippen LogP contribution in [0.3, 0.4) is 0 Å². The molecule has 0 aromatic carbocycles. The average Bonchev–Trinajstić information content (AvgIpc) is 2.71. The van der Waals surface area contributed by atoms with E-state index < -0.39 is 25.6 Å². The summed E-state index contributed by atoms with van der Waals surface area (Å²) in [6, 6.07) is 0. The van der Waals surface area contributed by atoms with Crippen molar-refractivity contribution in [1.29, 1.82) is 0 Å². The van der Waals surface area contributed by atoms with Crippen molar-refractivity contribution < 1.29 is 19.4 Å². The first kappa shape index (κ1) is 17.6. The lowest BCUT2D eigenvalue weighted by Gasteiger charge is -2.58. The smallest absolute Gasteiger partial charge is 0.192 e. The second-order valence-electron chi connectivity index (χ2n) is 9.60. The summed E-state index contributed by atoms with van der Waals surface area (Å²) in [7, 11) is -1.98. The summed E-state index contributed by atoms with van der Waals surface area (Å²) in [5, 5.41) is 21.9. The van der Waals surface area contributed by atoms with Crippen molar-refractivity contribution >= 4 is 8.32 Å². The molecule has 0 amide bonds. The van der Waals surface area contributed by atoms with Gasteiger partial charge in [0.05, 0.1) is 18.8 Å². The molecule has 7 atom stereocenters. The standard InChI is InChI=1S/C18H32O4Si/c1-16(2,3)23(6,7)22-13-11-8-9-17(4,15(13)19)14-12(11)10-21-18(14,5)20/h8-9,11-15,19-20H,10H2,1-7H3/t11-,12+,13+,14+,15+,17+,18+/m1/s1. The molecule has 5 heteroatoms. The topological polar surface area (TPSA) is 58.9 Å².